The Hall–Kier alpha value is -0.420. The fraction of sp³-hybridized carbons (Fsp3) is 0. The third-order valence-electron chi connectivity index (χ3n) is 1.26. The van der Waals surface area contributed by atoms with Crippen molar-refractivity contribution in [3.8, 4) is 0 Å². The monoisotopic (exact) mass is 295 g/mol. The van der Waals surface area contributed by atoms with Crippen LogP contribution in [0.2, 0.25) is 0 Å². The molecule has 12 heavy (non-hydrogen) atoms. The lowest BCUT2D eigenvalue weighted by Crippen LogP contribution is -2.12. The van der Waals surface area contributed by atoms with Crippen molar-refractivity contribution in [1.29, 1.82) is 0 Å². The number of carbonyl (C=O) groups excluding carboxylic acids is 1. The Balaban J connectivity index is 3.37. The lowest BCUT2D eigenvalue weighted by molar-refractivity contribution is 0.0999. The predicted octanol–water partition coefficient (Wildman–Crippen LogP) is 2.45. The van der Waals surface area contributed by atoms with Crippen molar-refractivity contribution < 1.29 is 9.18 Å². The maximum absolute atomic E-state index is 12.9. The topological polar surface area (TPSA) is 43.1 Å². The van der Waals surface area contributed by atoms with Gasteiger partial charge in [0.1, 0.15) is 5.82 Å². The van der Waals surface area contributed by atoms with Gasteiger partial charge in [0.25, 0.3) is 0 Å². The lowest BCUT2D eigenvalue weighted by Gasteiger charge is -2.01. The van der Waals surface area contributed by atoms with Gasteiger partial charge in [-0.3, -0.25) is 4.79 Å². The van der Waals surface area contributed by atoms with Crippen molar-refractivity contribution in [2.24, 2.45) is 5.73 Å². The van der Waals surface area contributed by atoms with Gasteiger partial charge in [0.05, 0.1) is 10.0 Å². The summed E-state index contributed by atoms with van der Waals surface area (Å²) in [6.45, 7) is 0. The van der Waals surface area contributed by atoms with Gasteiger partial charge in [-0.25, -0.2) is 4.39 Å². The van der Waals surface area contributed by atoms with Gasteiger partial charge in [-0.2, -0.15) is 0 Å². The molecule has 0 aliphatic rings. The zero-order valence-electron chi connectivity index (χ0n) is 5.77. The van der Waals surface area contributed by atoms with Gasteiger partial charge in [-0.05, 0) is 28.1 Å². The molecule has 0 bridgehead atoms. The highest BCUT2D eigenvalue weighted by atomic mass is 79.9. The van der Waals surface area contributed by atoms with Crippen LogP contribution in [0.3, 0.4) is 0 Å². The van der Waals surface area contributed by atoms with E-state index in [9.17, 15) is 9.18 Å². The summed E-state index contributed by atoms with van der Waals surface area (Å²) in [6.07, 6.45) is 0. The summed E-state index contributed by atoms with van der Waals surface area (Å²) in [5.74, 6) is -1.18. The second kappa shape index (κ2) is 3.53. The predicted molar refractivity (Wildman–Crippen MR) is 50.3 cm³/mol. The molecule has 0 aromatic heterocycles. The van der Waals surface area contributed by atoms with Gasteiger partial charge >= 0.3 is 0 Å². The molecule has 1 aromatic carbocycles. The van der Waals surface area contributed by atoms with E-state index in [2.05, 4.69) is 31.9 Å². The van der Waals surface area contributed by atoms with E-state index in [0.29, 0.717) is 4.47 Å². The van der Waals surface area contributed by atoms with E-state index in [1.807, 2.05) is 0 Å². The Kier molecular flexibility index (Phi) is 2.85. The molecule has 0 saturated heterocycles. The van der Waals surface area contributed by atoms with Gasteiger partial charge < -0.3 is 5.73 Å². The summed E-state index contributed by atoms with van der Waals surface area (Å²) in [7, 11) is 0. The zero-order chi connectivity index (χ0) is 9.30. The Morgan fingerprint density at radius 2 is 2.00 bits per heavy atom. The quantitative estimate of drug-likeness (QED) is 0.795. The van der Waals surface area contributed by atoms with Crippen LogP contribution in [0, 0.1) is 5.82 Å². The number of primary amides is 1. The molecule has 5 heteroatoms. The summed E-state index contributed by atoms with van der Waals surface area (Å²) in [4.78, 5) is 10.7. The van der Waals surface area contributed by atoms with Crippen LogP contribution < -0.4 is 5.73 Å². The average molecular weight is 297 g/mol. The number of hydrogen-bond donors (Lipinski definition) is 1. The second-order valence-corrected chi connectivity index (χ2v) is 3.82. The third-order valence-corrected chi connectivity index (χ3v) is 2.52. The second-order valence-electron chi connectivity index (χ2n) is 2.11. The van der Waals surface area contributed by atoms with Crippen molar-refractivity contribution in [3.63, 3.8) is 0 Å². The van der Waals surface area contributed by atoms with Crippen LogP contribution >= 0.6 is 31.9 Å². The molecule has 0 spiro atoms. The van der Waals surface area contributed by atoms with Crippen LogP contribution in [-0.4, -0.2) is 5.91 Å². The molecule has 2 N–H and O–H groups in total. The smallest absolute Gasteiger partial charge is 0.249 e. The fourth-order valence-electron chi connectivity index (χ4n) is 0.735. The molecule has 0 unspecified atom stereocenters. The number of hydrogen-bond acceptors (Lipinski definition) is 1. The molecule has 0 atom stereocenters. The molecule has 1 amide bonds. The van der Waals surface area contributed by atoms with E-state index in [-0.39, 0.29) is 10.0 Å². The van der Waals surface area contributed by atoms with Crippen LogP contribution in [0.25, 0.3) is 0 Å². The Labute approximate surface area is 85.2 Å². The molecular weight excluding hydrogens is 293 g/mol. The number of rotatable bonds is 1. The van der Waals surface area contributed by atoms with Crippen LogP contribution in [0.5, 0.6) is 0 Å². The average Bonchev–Trinajstić information content (AvgIpc) is 1.96. The van der Waals surface area contributed by atoms with Crippen molar-refractivity contribution in [2.45, 2.75) is 0 Å². The van der Waals surface area contributed by atoms with Crippen LogP contribution in [0.1, 0.15) is 10.4 Å². The van der Waals surface area contributed by atoms with Crippen LogP contribution in [0.4, 0.5) is 4.39 Å². The lowest BCUT2D eigenvalue weighted by atomic mass is 10.2. The Bertz CT molecular complexity index is 340. The number of amides is 1. The highest BCUT2D eigenvalue weighted by Gasteiger charge is 2.11. The normalized spacial score (nSPS) is 9.92. The molecule has 2 nitrogen and oxygen atoms in total. The summed E-state index contributed by atoms with van der Waals surface area (Å²) >= 11 is 5.97. The first-order valence-electron chi connectivity index (χ1n) is 2.96. The highest BCUT2D eigenvalue weighted by Crippen LogP contribution is 2.24. The zero-order valence-corrected chi connectivity index (χ0v) is 8.95. The largest absolute Gasteiger partial charge is 0.366 e. The van der Waals surface area contributed by atoms with Gasteiger partial charge in [0, 0.05) is 4.47 Å². The molecule has 0 fully saturated rings. The van der Waals surface area contributed by atoms with Gasteiger partial charge in [0.2, 0.25) is 5.91 Å². The van der Waals surface area contributed by atoms with Crippen LogP contribution in [-0.2, 0) is 0 Å². The minimum absolute atomic E-state index is 0.0956. The molecule has 0 radical (unpaired) electrons. The van der Waals surface area contributed by atoms with Gasteiger partial charge in [-0.1, -0.05) is 15.9 Å². The van der Waals surface area contributed by atoms with Crippen LogP contribution in [0.15, 0.2) is 21.1 Å². The maximum atomic E-state index is 12.9. The van der Waals surface area contributed by atoms with Crippen molar-refractivity contribution in [3.05, 3.63) is 32.5 Å². The first-order valence-corrected chi connectivity index (χ1v) is 4.55. The fourth-order valence-corrected chi connectivity index (χ4v) is 1.59. The molecule has 0 heterocycles. The highest BCUT2D eigenvalue weighted by molar-refractivity contribution is 9.11. The first-order chi connectivity index (χ1) is 5.52. The van der Waals surface area contributed by atoms with Crippen molar-refractivity contribution in [2.75, 3.05) is 0 Å². The molecule has 0 aliphatic carbocycles. The van der Waals surface area contributed by atoms with Crippen molar-refractivity contribution in [1.82, 2.24) is 0 Å². The third kappa shape index (κ3) is 1.84. The first kappa shape index (κ1) is 9.67. The van der Waals surface area contributed by atoms with E-state index in [1.165, 1.54) is 12.1 Å². The van der Waals surface area contributed by atoms with Crippen molar-refractivity contribution >= 4 is 37.8 Å². The van der Waals surface area contributed by atoms with E-state index in [4.69, 9.17) is 5.73 Å². The van der Waals surface area contributed by atoms with E-state index in [1.54, 1.807) is 0 Å². The standard InChI is InChI=1S/C7H4Br2FNO/c8-3-1-4(7(11)12)6(9)5(10)2-3/h1-2H,(H2,11,12). The summed E-state index contributed by atoms with van der Waals surface area (Å²) in [5.41, 5.74) is 5.12. The van der Waals surface area contributed by atoms with E-state index in [0.717, 1.165) is 0 Å². The summed E-state index contributed by atoms with van der Waals surface area (Å²) < 4.78 is 13.5. The molecule has 1 aromatic rings. The van der Waals surface area contributed by atoms with Gasteiger partial charge in [-0.15, -0.1) is 0 Å². The molecule has 0 aliphatic heterocycles. The minimum Gasteiger partial charge on any atom is -0.366 e. The number of nitrogens with two attached hydrogens (primary N) is 1. The molecule has 64 valence electrons. The Morgan fingerprint density at radius 1 is 1.42 bits per heavy atom. The maximum Gasteiger partial charge on any atom is 0.249 e. The SMILES string of the molecule is NC(=O)c1cc(Br)cc(F)c1Br. The Morgan fingerprint density at radius 3 is 2.50 bits per heavy atom. The summed E-state index contributed by atoms with van der Waals surface area (Å²) in [6, 6.07) is 2.70. The van der Waals surface area contributed by atoms with E-state index < -0.39 is 11.7 Å². The van der Waals surface area contributed by atoms with E-state index >= 15 is 0 Å². The molecule has 1 rings (SSSR count). The summed E-state index contributed by atoms with van der Waals surface area (Å²) in [5, 5.41) is 0. The van der Waals surface area contributed by atoms with Gasteiger partial charge in [0.15, 0.2) is 0 Å². The number of benzene rings is 1. The number of carbonyl (C=O) groups is 1. The number of halogens is 3. The minimum atomic E-state index is -0.665. The molecule has 0 saturated carbocycles. The molecular formula is C7H4Br2FNO.